The van der Waals surface area contributed by atoms with Gasteiger partial charge in [0.2, 0.25) is 5.88 Å². The second kappa shape index (κ2) is 4.47. The van der Waals surface area contributed by atoms with Gasteiger partial charge in [-0.1, -0.05) is 0 Å². The van der Waals surface area contributed by atoms with E-state index in [9.17, 15) is 4.39 Å². The SMILES string of the molecule is Nc1cc(Br)c(F)cc1Oc1ncnc2nc[nH]c12. The number of benzene rings is 1. The number of anilines is 1. The van der Waals surface area contributed by atoms with E-state index >= 15 is 0 Å². The largest absolute Gasteiger partial charge is 0.435 e. The Balaban J connectivity index is 2.06. The Labute approximate surface area is 115 Å². The third kappa shape index (κ3) is 2.10. The Bertz CT molecular complexity index is 760. The van der Waals surface area contributed by atoms with Crippen molar-refractivity contribution in [2.45, 2.75) is 0 Å². The molecule has 0 aliphatic heterocycles. The predicted octanol–water partition coefficient (Wildman–Crippen LogP) is 2.63. The number of halogens is 2. The van der Waals surface area contributed by atoms with E-state index in [1.54, 1.807) is 0 Å². The van der Waals surface area contributed by atoms with E-state index in [1.165, 1.54) is 24.8 Å². The van der Waals surface area contributed by atoms with Gasteiger partial charge < -0.3 is 15.5 Å². The summed E-state index contributed by atoms with van der Waals surface area (Å²) >= 11 is 3.05. The van der Waals surface area contributed by atoms with Crippen molar-refractivity contribution in [3.05, 3.63) is 35.1 Å². The van der Waals surface area contributed by atoms with Crippen LogP contribution in [0.3, 0.4) is 0 Å². The number of nitrogens with zero attached hydrogens (tertiary/aromatic N) is 3. The standard InChI is InChI=1S/C11H7BrFN5O/c12-5-1-7(14)8(2-6(5)13)19-11-9-10(16-3-15-9)17-4-18-11/h1-4H,14H2,(H,15,16,17,18). The zero-order valence-electron chi connectivity index (χ0n) is 9.39. The molecule has 6 nitrogen and oxygen atoms in total. The molecule has 0 amide bonds. The van der Waals surface area contributed by atoms with Crippen LogP contribution in [0.2, 0.25) is 0 Å². The molecule has 3 N–H and O–H groups in total. The van der Waals surface area contributed by atoms with Crippen molar-refractivity contribution in [1.29, 1.82) is 0 Å². The Hall–Kier alpha value is -2.22. The number of nitrogens with one attached hydrogen (secondary N) is 1. The molecule has 0 saturated carbocycles. The zero-order valence-corrected chi connectivity index (χ0v) is 11.0. The van der Waals surface area contributed by atoms with Gasteiger partial charge in [-0.05, 0) is 22.0 Å². The van der Waals surface area contributed by atoms with Crippen LogP contribution in [0.15, 0.2) is 29.3 Å². The second-order valence-electron chi connectivity index (χ2n) is 3.69. The molecule has 19 heavy (non-hydrogen) atoms. The molecule has 2 heterocycles. The molecule has 0 aliphatic carbocycles. The van der Waals surface area contributed by atoms with Crippen molar-refractivity contribution in [3.8, 4) is 11.6 Å². The summed E-state index contributed by atoms with van der Waals surface area (Å²) in [5.41, 5.74) is 7.04. The lowest BCUT2D eigenvalue weighted by molar-refractivity contribution is 0.464. The molecule has 1 aromatic carbocycles. The van der Waals surface area contributed by atoms with Gasteiger partial charge in [-0.15, -0.1) is 0 Å². The Kier molecular flexibility index (Phi) is 2.79. The maximum Gasteiger partial charge on any atom is 0.248 e. The van der Waals surface area contributed by atoms with Gasteiger partial charge in [-0.2, -0.15) is 4.98 Å². The maximum absolute atomic E-state index is 13.5. The average Bonchev–Trinajstić information content (AvgIpc) is 2.85. The first-order valence-electron chi connectivity index (χ1n) is 5.21. The first-order valence-corrected chi connectivity index (χ1v) is 6.01. The highest BCUT2D eigenvalue weighted by Gasteiger charge is 2.12. The number of nitrogen functional groups attached to an aromatic ring is 1. The summed E-state index contributed by atoms with van der Waals surface area (Å²) in [6.07, 6.45) is 2.78. The van der Waals surface area contributed by atoms with Crippen LogP contribution in [0.5, 0.6) is 11.6 Å². The molecular formula is C11H7BrFN5O. The van der Waals surface area contributed by atoms with Crippen LogP contribution < -0.4 is 10.5 Å². The lowest BCUT2D eigenvalue weighted by Gasteiger charge is -2.08. The summed E-state index contributed by atoms with van der Waals surface area (Å²) in [6, 6.07) is 2.61. The summed E-state index contributed by atoms with van der Waals surface area (Å²) in [5, 5.41) is 0. The number of aromatic amines is 1. The van der Waals surface area contributed by atoms with Crippen LogP contribution >= 0.6 is 15.9 Å². The van der Waals surface area contributed by atoms with Crippen LogP contribution in [0.4, 0.5) is 10.1 Å². The number of rotatable bonds is 2. The van der Waals surface area contributed by atoms with Gasteiger partial charge >= 0.3 is 0 Å². The first kappa shape index (κ1) is 11.8. The summed E-state index contributed by atoms with van der Waals surface area (Å²) in [5.74, 6) is -0.0645. The minimum Gasteiger partial charge on any atom is -0.435 e. The number of aromatic nitrogens is 4. The number of H-pyrrole nitrogens is 1. The normalized spacial score (nSPS) is 10.8. The summed E-state index contributed by atoms with van der Waals surface area (Å²) < 4.78 is 19.3. The van der Waals surface area contributed by atoms with E-state index in [0.29, 0.717) is 16.9 Å². The molecule has 2 aromatic heterocycles. The van der Waals surface area contributed by atoms with Gasteiger partial charge in [0.1, 0.15) is 17.7 Å². The van der Waals surface area contributed by atoms with E-state index in [4.69, 9.17) is 10.5 Å². The van der Waals surface area contributed by atoms with Crippen LogP contribution in [-0.4, -0.2) is 19.9 Å². The fourth-order valence-corrected chi connectivity index (χ4v) is 1.92. The number of hydrogen-bond acceptors (Lipinski definition) is 5. The van der Waals surface area contributed by atoms with Crippen LogP contribution in [-0.2, 0) is 0 Å². The highest BCUT2D eigenvalue weighted by Crippen LogP contribution is 2.32. The van der Waals surface area contributed by atoms with Gasteiger partial charge in [-0.3, -0.25) is 0 Å². The third-order valence-corrected chi connectivity index (χ3v) is 3.06. The smallest absolute Gasteiger partial charge is 0.248 e. The van der Waals surface area contributed by atoms with Gasteiger partial charge in [0, 0.05) is 6.07 Å². The minimum absolute atomic E-state index is 0.176. The fraction of sp³-hybridized carbons (Fsp3) is 0. The zero-order chi connectivity index (χ0) is 13.4. The molecule has 0 bridgehead atoms. The predicted molar refractivity (Wildman–Crippen MR) is 70.3 cm³/mol. The molecule has 3 rings (SSSR count). The Morgan fingerprint density at radius 3 is 2.95 bits per heavy atom. The van der Waals surface area contributed by atoms with Gasteiger partial charge in [0.05, 0.1) is 16.5 Å². The van der Waals surface area contributed by atoms with Crippen molar-refractivity contribution in [2.24, 2.45) is 0 Å². The molecular weight excluding hydrogens is 317 g/mol. The topological polar surface area (TPSA) is 89.7 Å². The van der Waals surface area contributed by atoms with E-state index in [1.807, 2.05) is 0 Å². The second-order valence-corrected chi connectivity index (χ2v) is 4.54. The molecule has 0 saturated heterocycles. The minimum atomic E-state index is -0.473. The van der Waals surface area contributed by atoms with Gasteiger partial charge in [-0.25, -0.2) is 14.4 Å². The molecule has 3 aromatic rings. The Morgan fingerprint density at radius 2 is 2.11 bits per heavy atom. The summed E-state index contributed by atoms with van der Waals surface area (Å²) in [4.78, 5) is 14.7. The lowest BCUT2D eigenvalue weighted by atomic mass is 10.3. The molecule has 0 radical (unpaired) electrons. The highest BCUT2D eigenvalue weighted by atomic mass is 79.9. The van der Waals surface area contributed by atoms with Crippen molar-refractivity contribution in [2.75, 3.05) is 5.73 Å². The van der Waals surface area contributed by atoms with Crippen LogP contribution in [0, 0.1) is 5.82 Å². The summed E-state index contributed by atoms with van der Waals surface area (Å²) in [7, 11) is 0. The first-order chi connectivity index (χ1) is 9.15. The number of imidazole rings is 1. The lowest BCUT2D eigenvalue weighted by Crippen LogP contribution is -1.96. The number of ether oxygens (including phenoxy) is 1. The molecule has 0 aliphatic rings. The molecule has 0 spiro atoms. The quantitative estimate of drug-likeness (QED) is 0.707. The van der Waals surface area contributed by atoms with Crippen molar-refractivity contribution in [1.82, 2.24) is 19.9 Å². The number of hydrogen-bond donors (Lipinski definition) is 2. The van der Waals surface area contributed by atoms with Gasteiger partial charge in [0.25, 0.3) is 0 Å². The summed E-state index contributed by atoms with van der Waals surface area (Å²) in [6.45, 7) is 0. The maximum atomic E-state index is 13.5. The molecule has 96 valence electrons. The average molecular weight is 324 g/mol. The fourth-order valence-electron chi connectivity index (χ4n) is 1.56. The molecule has 0 unspecified atom stereocenters. The third-order valence-electron chi connectivity index (χ3n) is 2.45. The van der Waals surface area contributed by atoms with E-state index < -0.39 is 5.82 Å². The van der Waals surface area contributed by atoms with Crippen molar-refractivity contribution < 1.29 is 9.13 Å². The van der Waals surface area contributed by atoms with E-state index in [0.717, 1.165) is 0 Å². The monoisotopic (exact) mass is 323 g/mol. The van der Waals surface area contributed by atoms with Crippen LogP contribution in [0.1, 0.15) is 0 Å². The van der Waals surface area contributed by atoms with Gasteiger partial charge in [0.15, 0.2) is 11.4 Å². The van der Waals surface area contributed by atoms with Crippen molar-refractivity contribution in [3.63, 3.8) is 0 Å². The van der Waals surface area contributed by atoms with E-state index in [-0.39, 0.29) is 16.1 Å². The van der Waals surface area contributed by atoms with Crippen molar-refractivity contribution >= 4 is 32.8 Å². The number of fused-ring (bicyclic) bond motifs is 1. The molecule has 8 heteroatoms. The van der Waals surface area contributed by atoms with E-state index in [2.05, 4.69) is 35.9 Å². The number of nitrogens with two attached hydrogens (primary N) is 1. The molecule has 0 fully saturated rings. The Morgan fingerprint density at radius 1 is 1.26 bits per heavy atom. The molecule has 0 atom stereocenters. The van der Waals surface area contributed by atoms with Crippen LogP contribution in [0.25, 0.3) is 11.2 Å². The highest BCUT2D eigenvalue weighted by molar-refractivity contribution is 9.10.